The topological polar surface area (TPSA) is 51.3 Å². The van der Waals surface area contributed by atoms with Crippen molar-refractivity contribution in [3.8, 4) is 0 Å². The van der Waals surface area contributed by atoms with Crippen LogP contribution in [-0.4, -0.2) is 17.9 Å². The Morgan fingerprint density at radius 2 is 1.82 bits per heavy atom. The molecule has 0 bridgehead atoms. The zero-order chi connectivity index (χ0) is 12.8. The minimum atomic E-state index is 0.471. The predicted molar refractivity (Wildman–Crippen MR) is 74.5 cm³/mol. The quantitative estimate of drug-likeness (QED) is 0.604. The van der Waals surface area contributed by atoms with Gasteiger partial charge in [-0.15, -0.1) is 0 Å². The van der Waals surface area contributed by atoms with Gasteiger partial charge in [0.05, 0.1) is 5.52 Å². The average Bonchev–Trinajstić information content (AvgIpc) is 2.39. The molecule has 0 radical (unpaired) electrons. The first kappa shape index (κ1) is 13.2. The highest BCUT2D eigenvalue weighted by atomic mass is 14.9. The number of benzene rings is 1. The number of pyridine rings is 1. The summed E-state index contributed by atoms with van der Waals surface area (Å²) in [4.78, 5) is 8.37. The highest BCUT2D eigenvalue weighted by Gasteiger charge is 2.01. The normalized spacial score (nSPS) is 10.9. The Hall–Kier alpha value is -1.90. The summed E-state index contributed by atoms with van der Waals surface area (Å²) in [5.74, 6) is 0.471. The van der Waals surface area contributed by atoms with E-state index in [1.807, 2.05) is 39.0 Å². The number of nitrogens with zero attached hydrogens (tertiary/aromatic N) is 2. The summed E-state index contributed by atoms with van der Waals surface area (Å²) in [6.07, 6.45) is 0. The summed E-state index contributed by atoms with van der Waals surface area (Å²) in [5.41, 5.74) is 8.59. The molecule has 1 heterocycles. The van der Waals surface area contributed by atoms with Gasteiger partial charge in [-0.3, -0.25) is 4.99 Å². The highest BCUT2D eigenvalue weighted by Crippen LogP contribution is 2.14. The molecule has 2 aromatic rings. The molecule has 3 heteroatoms. The molecule has 0 aliphatic rings. The number of aromatic nitrogens is 1. The Kier molecular flexibility index (Phi) is 4.64. The Balaban J connectivity index is 0.000000686. The van der Waals surface area contributed by atoms with Crippen molar-refractivity contribution < 1.29 is 0 Å². The number of aryl methyl sites for hydroxylation is 1. The lowest BCUT2D eigenvalue weighted by Crippen LogP contribution is -2.14. The first-order valence-electron chi connectivity index (χ1n) is 5.81. The van der Waals surface area contributed by atoms with Gasteiger partial charge in [-0.2, -0.15) is 0 Å². The first-order valence-corrected chi connectivity index (χ1v) is 5.81. The molecule has 90 valence electrons. The van der Waals surface area contributed by atoms with Crippen molar-refractivity contribution in [2.45, 2.75) is 20.8 Å². The van der Waals surface area contributed by atoms with Gasteiger partial charge in [-0.05, 0) is 24.6 Å². The van der Waals surface area contributed by atoms with Gasteiger partial charge in [0.15, 0.2) is 0 Å². The molecule has 17 heavy (non-hydrogen) atoms. The molecular formula is C14H19N3. The second kappa shape index (κ2) is 5.99. The molecule has 0 spiro atoms. The maximum atomic E-state index is 5.71. The lowest BCUT2D eigenvalue weighted by Gasteiger charge is -2.02. The van der Waals surface area contributed by atoms with E-state index in [-0.39, 0.29) is 0 Å². The van der Waals surface area contributed by atoms with Crippen molar-refractivity contribution in [2.75, 3.05) is 7.05 Å². The number of nitrogens with two attached hydrogens (primary N) is 1. The van der Waals surface area contributed by atoms with Crippen LogP contribution < -0.4 is 5.73 Å². The fourth-order valence-corrected chi connectivity index (χ4v) is 1.48. The van der Waals surface area contributed by atoms with Crippen LogP contribution in [-0.2, 0) is 0 Å². The van der Waals surface area contributed by atoms with Gasteiger partial charge in [0.1, 0.15) is 11.5 Å². The molecule has 0 saturated heterocycles. The number of rotatable bonds is 1. The van der Waals surface area contributed by atoms with Crippen LogP contribution in [0, 0.1) is 6.92 Å². The molecule has 0 amide bonds. The van der Waals surface area contributed by atoms with Crippen LogP contribution >= 0.6 is 0 Å². The van der Waals surface area contributed by atoms with E-state index in [0.717, 1.165) is 16.6 Å². The van der Waals surface area contributed by atoms with E-state index < -0.39 is 0 Å². The van der Waals surface area contributed by atoms with E-state index in [1.165, 1.54) is 5.56 Å². The predicted octanol–water partition coefficient (Wildman–Crippen LogP) is 2.90. The number of hydrogen-bond acceptors (Lipinski definition) is 2. The van der Waals surface area contributed by atoms with Gasteiger partial charge in [-0.25, -0.2) is 4.98 Å². The monoisotopic (exact) mass is 229 g/mol. The minimum absolute atomic E-state index is 0.471. The van der Waals surface area contributed by atoms with Crippen LogP contribution in [0.15, 0.2) is 35.3 Å². The van der Waals surface area contributed by atoms with Crippen molar-refractivity contribution in [3.05, 3.63) is 41.6 Å². The van der Waals surface area contributed by atoms with Gasteiger partial charge in [0, 0.05) is 12.4 Å². The van der Waals surface area contributed by atoms with Crippen molar-refractivity contribution in [1.29, 1.82) is 0 Å². The Labute approximate surface area is 102 Å². The average molecular weight is 229 g/mol. The van der Waals surface area contributed by atoms with Gasteiger partial charge in [0.2, 0.25) is 0 Å². The maximum Gasteiger partial charge on any atom is 0.144 e. The molecule has 0 saturated carbocycles. The van der Waals surface area contributed by atoms with E-state index in [4.69, 9.17) is 5.73 Å². The molecule has 0 fully saturated rings. The lowest BCUT2D eigenvalue weighted by atomic mass is 10.1. The molecule has 2 N–H and O–H groups in total. The Morgan fingerprint density at radius 3 is 2.47 bits per heavy atom. The zero-order valence-electron chi connectivity index (χ0n) is 10.9. The standard InChI is InChI=1S/C12H13N3.C2H6/c1-8-3-4-9-5-6-10(12(13)14-2)15-11(9)7-8;1-2/h3-7H,1-2H3,(H2,13,14);1-2H3. The fourth-order valence-electron chi connectivity index (χ4n) is 1.48. The van der Waals surface area contributed by atoms with Crippen molar-refractivity contribution in [1.82, 2.24) is 4.98 Å². The number of fused-ring (bicyclic) bond motifs is 1. The van der Waals surface area contributed by atoms with Crippen molar-refractivity contribution >= 4 is 16.7 Å². The zero-order valence-corrected chi connectivity index (χ0v) is 10.9. The van der Waals surface area contributed by atoms with Crippen LogP contribution in [0.4, 0.5) is 0 Å². The minimum Gasteiger partial charge on any atom is -0.382 e. The molecule has 0 atom stereocenters. The number of amidine groups is 1. The fraction of sp³-hybridized carbons (Fsp3) is 0.286. The van der Waals surface area contributed by atoms with Crippen molar-refractivity contribution in [3.63, 3.8) is 0 Å². The first-order chi connectivity index (χ1) is 8.20. The number of aliphatic imine (C=N–C) groups is 1. The van der Waals surface area contributed by atoms with Gasteiger partial charge in [0.25, 0.3) is 0 Å². The summed E-state index contributed by atoms with van der Waals surface area (Å²) in [5, 5.41) is 1.12. The molecule has 2 rings (SSSR count). The van der Waals surface area contributed by atoms with Crippen molar-refractivity contribution in [2.24, 2.45) is 10.7 Å². The summed E-state index contributed by atoms with van der Waals surface area (Å²) < 4.78 is 0. The van der Waals surface area contributed by atoms with Crippen LogP contribution in [0.3, 0.4) is 0 Å². The van der Waals surface area contributed by atoms with E-state index in [9.17, 15) is 0 Å². The molecular weight excluding hydrogens is 210 g/mol. The van der Waals surface area contributed by atoms with Crippen LogP contribution in [0.2, 0.25) is 0 Å². The molecule has 1 aromatic carbocycles. The van der Waals surface area contributed by atoms with E-state index in [1.54, 1.807) is 7.05 Å². The highest BCUT2D eigenvalue weighted by molar-refractivity contribution is 5.97. The van der Waals surface area contributed by atoms with Crippen LogP contribution in [0.1, 0.15) is 25.1 Å². The second-order valence-electron chi connectivity index (χ2n) is 3.50. The molecule has 0 unspecified atom stereocenters. The van der Waals surface area contributed by atoms with Gasteiger partial charge in [-0.1, -0.05) is 32.0 Å². The summed E-state index contributed by atoms with van der Waals surface area (Å²) in [6, 6.07) is 10.1. The Morgan fingerprint density at radius 1 is 1.18 bits per heavy atom. The van der Waals surface area contributed by atoms with E-state index in [2.05, 4.69) is 22.1 Å². The third kappa shape index (κ3) is 3.03. The molecule has 3 nitrogen and oxygen atoms in total. The molecule has 1 aromatic heterocycles. The van der Waals surface area contributed by atoms with Gasteiger partial charge < -0.3 is 5.73 Å². The summed E-state index contributed by atoms with van der Waals surface area (Å²) >= 11 is 0. The largest absolute Gasteiger partial charge is 0.382 e. The van der Waals surface area contributed by atoms with Gasteiger partial charge >= 0.3 is 0 Å². The van der Waals surface area contributed by atoms with Crippen LogP contribution in [0.5, 0.6) is 0 Å². The Bertz CT molecular complexity index is 530. The SMILES string of the molecule is CC.CN=C(N)c1ccc2ccc(C)cc2n1. The van der Waals surface area contributed by atoms with Crippen LogP contribution in [0.25, 0.3) is 10.9 Å². The second-order valence-corrected chi connectivity index (χ2v) is 3.50. The van der Waals surface area contributed by atoms with E-state index in [0.29, 0.717) is 5.84 Å². The third-order valence-electron chi connectivity index (χ3n) is 2.35. The summed E-state index contributed by atoms with van der Waals surface area (Å²) in [7, 11) is 1.66. The smallest absolute Gasteiger partial charge is 0.144 e. The third-order valence-corrected chi connectivity index (χ3v) is 2.35. The van der Waals surface area contributed by atoms with E-state index >= 15 is 0 Å². The summed E-state index contributed by atoms with van der Waals surface area (Å²) in [6.45, 7) is 6.05. The number of hydrogen-bond donors (Lipinski definition) is 1. The lowest BCUT2D eigenvalue weighted by molar-refractivity contribution is 1.30. The molecule has 0 aliphatic heterocycles. The maximum absolute atomic E-state index is 5.71. The molecule has 0 aliphatic carbocycles.